The van der Waals surface area contributed by atoms with Gasteiger partial charge in [-0.25, -0.2) is 9.97 Å². The normalized spacial score (nSPS) is 10.3. The summed E-state index contributed by atoms with van der Waals surface area (Å²) in [6.07, 6.45) is 3.20. The Balaban J connectivity index is 2.20. The number of hydrogen-bond donors (Lipinski definition) is 1. The van der Waals surface area contributed by atoms with Crippen molar-refractivity contribution in [3.63, 3.8) is 0 Å². The zero-order chi connectivity index (χ0) is 13.8. The van der Waals surface area contributed by atoms with E-state index in [1.165, 1.54) is 6.33 Å². The average molecular weight is 314 g/mol. The first-order valence-corrected chi connectivity index (χ1v) is 7.21. The minimum atomic E-state index is -0.314. The molecule has 0 saturated heterocycles. The van der Waals surface area contributed by atoms with Crippen molar-refractivity contribution in [1.82, 2.24) is 9.97 Å². The Kier molecular flexibility index (Phi) is 4.63. The van der Waals surface area contributed by atoms with Crippen LogP contribution in [0, 0.1) is 0 Å². The molecule has 0 bridgehead atoms. The van der Waals surface area contributed by atoms with Crippen LogP contribution in [0.25, 0.3) is 0 Å². The van der Waals surface area contributed by atoms with Crippen LogP contribution >= 0.6 is 35.0 Å². The smallest absolute Gasteiger partial charge is 0.255 e. The zero-order valence-electron chi connectivity index (χ0n) is 9.85. The van der Waals surface area contributed by atoms with E-state index in [1.807, 2.05) is 18.4 Å². The molecule has 1 amide bonds. The summed E-state index contributed by atoms with van der Waals surface area (Å²) < 4.78 is 0. The molecule has 0 fully saturated rings. The monoisotopic (exact) mass is 313 g/mol. The van der Waals surface area contributed by atoms with Gasteiger partial charge in [0.2, 0.25) is 0 Å². The molecule has 1 heterocycles. The number of nitrogens with one attached hydrogen (secondary N) is 1. The van der Waals surface area contributed by atoms with Crippen LogP contribution in [-0.2, 0) is 0 Å². The Bertz CT molecular complexity index is 584. The lowest BCUT2D eigenvalue weighted by molar-refractivity contribution is 0.102. The van der Waals surface area contributed by atoms with Gasteiger partial charge in [0.05, 0.1) is 0 Å². The highest BCUT2D eigenvalue weighted by atomic mass is 35.5. The summed E-state index contributed by atoms with van der Waals surface area (Å²) in [6, 6.07) is 7.19. The fourth-order valence-electron chi connectivity index (χ4n) is 1.38. The highest BCUT2D eigenvalue weighted by molar-refractivity contribution is 7.98. The molecule has 0 saturated carbocycles. The molecule has 19 heavy (non-hydrogen) atoms. The molecule has 0 aliphatic heterocycles. The number of benzene rings is 1. The molecular weight excluding hydrogens is 305 g/mol. The molecule has 0 unspecified atom stereocenters. The van der Waals surface area contributed by atoms with E-state index in [1.54, 1.807) is 23.9 Å². The molecule has 2 aromatic rings. The van der Waals surface area contributed by atoms with Crippen molar-refractivity contribution >= 4 is 46.6 Å². The van der Waals surface area contributed by atoms with Crippen LogP contribution in [0.1, 0.15) is 10.4 Å². The van der Waals surface area contributed by atoms with E-state index in [4.69, 9.17) is 23.2 Å². The lowest BCUT2D eigenvalue weighted by atomic mass is 10.2. The zero-order valence-corrected chi connectivity index (χ0v) is 12.2. The van der Waals surface area contributed by atoms with Gasteiger partial charge in [0.15, 0.2) is 10.3 Å². The number of hydrogen-bond acceptors (Lipinski definition) is 4. The maximum Gasteiger partial charge on any atom is 0.255 e. The third-order valence-corrected chi connectivity index (χ3v) is 3.66. The Morgan fingerprint density at radius 2 is 1.74 bits per heavy atom. The van der Waals surface area contributed by atoms with Gasteiger partial charge in [0.25, 0.3) is 5.91 Å². The summed E-state index contributed by atoms with van der Waals surface area (Å²) in [5, 5.41) is 2.81. The largest absolute Gasteiger partial charge is 0.317 e. The fraction of sp³-hybridized carbons (Fsp3) is 0.0833. The number of anilines is 1. The van der Waals surface area contributed by atoms with Gasteiger partial charge in [-0.1, -0.05) is 23.2 Å². The van der Waals surface area contributed by atoms with Gasteiger partial charge in [-0.2, -0.15) is 0 Å². The predicted molar refractivity (Wildman–Crippen MR) is 78.2 cm³/mol. The van der Waals surface area contributed by atoms with Crippen molar-refractivity contribution in [3.8, 4) is 0 Å². The quantitative estimate of drug-likeness (QED) is 0.692. The van der Waals surface area contributed by atoms with Crippen LogP contribution in [0.2, 0.25) is 10.3 Å². The second-order valence-corrected chi connectivity index (χ2v) is 5.11. The van der Waals surface area contributed by atoms with Crippen LogP contribution in [0.5, 0.6) is 0 Å². The number of rotatable bonds is 3. The number of carbonyl (C=O) groups is 1. The molecule has 0 radical (unpaired) electrons. The summed E-state index contributed by atoms with van der Waals surface area (Å²) in [5.74, 6) is -0.314. The highest BCUT2D eigenvalue weighted by Gasteiger charge is 2.13. The van der Waals surface area contributed by atoms with E-state index in [2.05, 4.69) is 15.3 Å². The average Bonchev–Trinajstić information content (AvgIpc) is 2.43. The molecule has 1 N–H and O–H groups in total. The molecule has 0 aliphatic rings. The first kappa shape index (κ1) is 14.1. The Labute approximate surface area is 124 Å². The number of amides is 1. The fourth-order valence-corrected chi connectivity index (χ4v) is 2.19. The Hall–Kier alpha value is -1.30. The minimum absolute atomic E-state index is 0.106. The molecule has 2 rings (SSSR count). The molecule has 1 aromatic heterocycles. The van der Waals surface area contributed by atoms with Gasteiger partial charge >= 0.3 is 0 Å². The summed E-state index contributed by atoms with van der Waals surface area (Å²) in [4.78, 5) is 20.6. The molecular formula is C12H9Cl2N3OS. The number of carbonyl (C=O) groups excluding carboxylic acids is 1. The molecule has 0 aliphatic carbocycles. The Morgan fingerprint density at radius 1 is 1.16 bits per heavy atom. The van der Waals surface area contributed by atoms with Crippen molar-refractivity contribution in [1.29, 1.82) is 0 Å². The molecule has 0 spiro atoms. The number of nitrogens with zero attached hydrogens (tertiary/aromatic N) is 2. The van der Waals surface area contributed by atoms with Crippen LogP contribution < -0.4 is 5.32 Å². The van der Waals surface area contributed by atoms with Crippen molar-refractivity contribution in [3.05, 3.63) is 46.5 Å². The van der Waals surface area contributed by atoms with Crippen molar-refractivity contribution in [2.45, 2.75) is 4.90 Å². The van der Waals surface area contributed by atoms with Gasteiger partial charge in [-0.15, -0.1) is 11.8 Å². The maximum atomic E-state index is 12.0. The van der Waals surface area contributed by atoms with E-state index in [0.717, 1.165) is 4.90 Å². The lowest BCUT2D eigenvalue weighted by Crippen LogP contribution is -2.13. The number of aromatic nitrogens is 2. The second kappa shape index (κ2) is 6.23. The van der Waals surface area contributed by atoms with Crippen LogP contribution in [0.15, 0.2) is 35.5 Å². The second-order valence-electron chi connectivity index (χ2n) is 3.51. The van der Waals surface area contributed by atoms with E-state index in [9.17, 15) is 4.79 Å². The molecule has 1 aromatic carbocycles. The third-order valence-electron chi connectivity index (χ3n) is 2.35. The summed E-state index contributed by atoms with van der Waals surface area (Å²) >= 11 is 13.3. The molecule has 4 nitrogen and oxygen atoms in total. The molecule has 7 heteroatoms. The topological polar surface area (TPSA) is 54.9 Å². The van der Waals surface area contributed by atoms with Gasteiger partial charge in [-0.3, -0.25) is 4.79 Å². The van der Waals surface area contributed by atoms with Gasteiger partial charge < -0.3 is 5.32 Å². The van der Waals surface area contributed by atoms with Crippen molar-refractivity contribution < 1.29 is 4.79 Å². The van der Waals surface area contributed by atoms with E-state index < -0.39 is 0 Å². The van der Waals surface area contributed by atoms with Crippen LogP contribution in [-0.4, -0.2) is 22.1 Å². The van der Waals surface area contributed by atoms with Crippen molar-refractivity contribution in [2.24, 2.45) is 0 Å². The Morgan fingerprint density at radius 3 is 2.26 bits per heavy atom. The number of halogens is 2. The highest BCUT2D eigenvalue weighted by Crippen LogP contribution is 2.26. The number of thioether (sulfide) groups is 1. The summed E-state index contributed by atoms with van der Waals surface area (Å²) in [6.45, 7) is 0. The lowest BCUT2D eigenvalue weighted by Gasteiger charge is -2.07. The van der Waals surface area contributed by atoms with Crippen LogP contribution in [0.4, 0.5) is 5.69 Å². The molecule has 98 valence electrons. The SMILES string of the molecule is CSc1ccc(C(=O)Nc2c(Cl)ncnc2Cl)cc1. The van der Waals surface area contributed by atoms with E-state index >= 15 is 0 Å². The molecule has 0 atom stereocenters. The van der Waals surface area contributed by atoms with Gasteiger partial charge in [0.1, 0.15) is 12.0 Å². The van der Waals surface area contributed by atoms with Gasteiger partial charge in [0, 0.05) is 10.5 Å². The van der Waals surface area contributed by atoms with Gasteiger partial charge in [-0.05, 0) is 30.5 Å². The first-order chi connectivity index (χ1) is 9.11. The van der Waals surface area contributed by atoms with Crippen LogP contribution in [0.3, 0.4) is 0 Å². The van der Waals surface area contributed by atoms with E-state index in [-0.39, 0.29) is 21.9 Å². The van der Waals surface area contributed by atoms with Crippen molar-refractivity contribution in [2.75, 3.05) is 11.6 Å². The maximum absolute atomic E-state index is 12.0. The van der Waals surface area contributed by atoms with E-state index in [0.29, 0.717) is 5.56 Å². The minimum Gasteiger partial charge on any atom is -0.317 e. The predicted octanol–water partition coefficient (Wildman–Crippen LogP) is 3.76. The summed E-state index contributed by atoms with van der Waals surface area (Å²) in [5.41, 5.74) is 0.721. The first-order valence-electron chi connectivity index (χ1n) is 5.23. The standard InChI is InChI=1S/C12H9Cl2N3OS/c1-19-8-4-2-7(3-5-8)12(18)17-9-10(13)15-6-16-11(9)14/h2-6H,1H3,(H,17,18). The third kappa shape index (κ3) is 3.37. The summed E-state index contributed by atoms with van der Waals surface area (Å²) in [7, 11) is 0.